The van der Waals surface area contributed by atoms with Gasteiger partial charge < -0.3 is 0 Å². The summed E-state index contributed by atoms with van der Waals surface area (Å²) in [4.78, 5) is 11.8. The van der Waals surface area contributed by atoms with Crippen LogP contribution in [0.4, 0.5) is 0 Å². The molecular formula is C14H9BrCl2N2O. The van der Waals surface area contributed by atoms with Gasteiger partial charge in [-0.3, -0.25) is 4.79 Å². The highest BCUT2D eigenvalue weighted by atomic mass is 79.9. The summed E-state index contributed by atoms with van der Waals surface area (Å²) >= 11 is 15.2. The molecule has 0 atom stereocenters. The number of nitrogens with one attached hydrogen (secondary N) is 1. The monoisotopic (exact) mass is 370 g/mol. The van der Waals surface area contributed by atoms with E-state index in [4.69, 9.17) is 23.2 Å². The summed E-state index contributed by atoms with van der Waals surface area (Å²) in [6, 6.07) is 12.2. The average molecular weight is 372 g/mol. The van der Waals surface area contributed by atoms with Gasteiger partial charge in [0.2, 0.25) is 0 Å². The topological polar surface area (TPSA) is 41.5 Å². The third-order valence-corrected chi connectivity index (χ3v) is 3.76. The Morgan fingerprint density at radius 3 is 2.70 bits per heavy atom. The maximum Gasteiger partial charge on any atom is 0.271 e. The predicted octanol–water partition coefficient (Wildman–Crippen LogP) is 4.52. The van der Waals surface area contributed by atoms with Gasteiger partial charge in [-0.15, -0.1) is 0 Å². The Balaban J connectivity index is 2.07. The Kier molecular flexibility index (Phi) is 5.17. The Bertz CT molecular complexity index is 674. The lowest BCUT2D eigenvalue weighted by molar-refractivity contribution is 0.0955. The summed E-state index contributed by atoms with van der Waals surface area (Å²) in [6.07, 6.45) is 1.45. The van der Waals surface area contributed by atoms with E-state index in [1.165, 1.54) is 6.21 Å². The van der Waals surface area contributed by atoms with Crippen LogP contribution in [-0.2, 0) is 0 Å². The molecule has 1 amide bonds. The third kappa shape index (κ3) is 3.82. The largest absolute Gasteiger partial charge is 0.271 e. The molecule has 102 valence electrons. The Morgan fingerprint density at radius 1 is 1.20 bits per heavy atom. The predicted molar refractivity (Wildman–Crippen MR) is 85.7 cm³/mol. The summed E-state index contributed by atoms with van der Waals surface area (Å²) in [5.74, 6) is -0.305. The molecule has 0 aliphatic heterocycles. The molecule has 0 heterocycles. The second kappa shape index (κ2) is 6.88. The first-order chi connectivity index (χ1) is 9.58. The van der Waals surface area contributed by atoms with E-state index in [-0.39, 0.29) is 5.91 Å². The molecule has 2 aromatic carbocycles. The molecule has 0 aliphatic carbocycles. The fourth-order valence-corrected chi connectivity index (χ4v) is 2.23. The van der Waals surface area contributed by atoms with Gasteiger partial charge in [-0.05, 0) is 24.3 Å². The van der Waals surface area contributed by atoms with Gasteiger partial charge in [-0.25, -0.2) is 5.43 Å². The molecule has 0 unspecified atom stereocenters. The molecule has 6 heteroatoms. The molecular weight excluding hydrogens is 363 g/mol. The molecule has 0 aromatic heterocycles. The molecule has 0 bridgehead atoms. The second-order valence-electron chi connectivity index (χ2n) is 3.85. The first kappa shape index (κ1) is 15.0. The van der Waals surface area contributed by atoms with Crippen LogP contribution in [0.3, 0.4) is 0 Å². The molecule has 0 aliphatic rings. The van der Waals surface area contributed by atoms with Gasteiger partial charge in [-0.2, -0.15) is 5.10 Å². The highest BCUT2D eigenvalue weighted by Crippen LogP contribution is 2.24. The zero-order chi connectivity index (χ0) is 14.5. The summed E-state index contributed by atoms with van der Waals surface area (Å²) in [5.41, 5.74) is 3.57. The highest BCUT2D eigenvalue weighted by Gasteiger charge is 2.05. The summed E-state index contributed by atoms with van der Waals surface area (Å²) in [5, 5.41) is 4.70. The van der Waals surface area contributed by atoms with E-state index in [9.17, 15) is 4.79 Å². The normalized spacial score (nSPS) is 10.8. The van der Waals surface area contributed by atoms with Crippen molar-refractivity contribution < 1.29 is 4.79 Å². The average Bonchev–Trinajstić information content (AvgIpc) is 2.43. The lowest BCUT2D eigenvalue weighted by Gasteiger charge is -2.01. The van der Waals surface area contributed by atoms with Crippen LogP contribution in [0.25, 0.3) is 0 Å². The van der Waals surface area contributed by atoms with Crippen molar-refractivity contribution in [2.45, 2.75) is 0 Å². The number of carbonyl (C=O) groups is 1. The quantitative estimate of drug-likeness (QED) is 0.625. The Labute approximate surface area is 134 Å². The molecule has 2 aromatic rings. The van der Waals surface area contributed by atoms with Crippen LogP contribution in [0, 0.1) is 0 Å². The van der Waals surface area contributed by atoms with E-state index in [0.717, 1.165) is 4.47 Å². The number of benzene rings is 2. The number of halogens is 3. The standard InChI is InChI=1S/C14H9BrCl2N2O/c15-11-5-1-3-9(7-11)14(20)19-18-8-10-4-2-6-12(16)13(10)17/h1-8H,(H,19,20). The smallest absolute Gasteiger partial charge is 0.267 e. The lowest BCUT2D eigenvalue weighted by Crippen LogP contribution is -2.17. The van der Waals surface area contributed by atoms with E-state index in [2.05, 4.69) is 26.5 Å². The highest BCUT2D eigenvalue weighted by molar-refractivity contribution is 9.10. The minimum atomic E-state index is -0.305. The molecule has 0 spiro atoms. The van der Waals surface area contributed by atoms with Crippen LogP contribution in [0.2, 0.25) is 10.0 Å². The van der Waals surface area contributed by atoms with Crippen molar-refractivity contribution in [3.05, 3.63) is 68.1 Å². The Morgan fingerprint density at radius 2 is 1.95 bits per heavy atom. The number of amides is 1. The van der Waals surface area contributed by atoms with Crippen molar-refractivity contribution in [2.75, 3.05) is 0 Å². The minimum Gasteiger partial charge on any atom is -0.267 e. The van der Waals surface area contributed by atoms with Gasteiger partial charge in [0.1, 0.15) is 0 Å². The van der Waals surface area contributed by atoms with E-state index >= 15 is 0 Å². The van der Waals surface area contributed by atoms with E-state index in [1.807, 2.05) is 6.07 Å². The molecule has 2 rings (SSSR count). The fraction of sp³-hybridized carbons (Fsp3) is 0. The minimum absolute atomic E-state index is 0.305. The number of nitrogens with zero attached hydrogens (tertiary/aromatic N) is 1. The van der Waals surface area contributed by atoms with Gasteiger partial charge in [0.25, 0.3) is 5.91 Å². The van der Waals surface area contributed by atoms with Gasteiger partial charge in [-0.1, -0.05) is 57.3 Å². The number of carbonyl (C=O) groups excluding carboxylic acids is 1. The lowest BCUT2D eigenvalue weighted by atomic mass is 10.2. The molecule has 0 radical (unpaired) electrons. The van der Waals surface area contributed by atoms with Gasteiger partial charge >= 0.3 is 0 Å². The van der Waals surface area contributed by atoms with Gasteiger partial charge in [0.05, 0.1) is 16.3 Å². The van der Waals surface area contributed by atoms with Crippen LogP contribution < -0.4 is 5.43 Å². The van der Waals surface area contributed by atoms with Gasteiger partial charge in [0, 0.05) is 15.6 Å². The molecule has 20 heavy (non-hydrogen) atoms. The van der Waals surface area contributed by atoms with Crippen molar-refractivity contribution in [3.63, 3.8) is 0 Å². The summed E-state index contributed by atoms with van der Waals surface area (Å²) in [6.45, 7) is 0. The fourth-order valence-electron chi connectivity index (χ4n) is 1.47. The van der Waals surface area contributed by atoms with Crippen molar-refractivity contribution in [1.82, 2.24) is 5.43 Å². The van der Waals surface area contributed by atoms with Crippen LogP contribution in [0.15, 0.2) is 52.0 Å². The van der Waals surface area contributed by atoms with Crippen LogP contribution in [-0.4, -0.2) is 12.1 Å². The first-order valence-electron chi connectivity index (χ1n) is 5.61. The molecule has 0 saturated heterocycles. The van der Waals surface area contributed by atoms with Gasteiger partial charge in [0.15, 0.2) is 0 Å². The van der Waals surface area contributed by atoms with E-state index in [1.54, 1.807) is 36.4 Å². The van der Waals surface area contributed by atoms with Crippen molar-refractivity contribution in [1.29, 1.82) is 0 Å². The van der Waals surface area contributed by atoms with Crippen LogP contribution in [0.1, 0.15) is 15.9 Å². The maximum absolute atomic E-state index is 11.8. The summed E-state index contributed by atoms with van der Waals surface area (Å²) < 4.78 is 0.826. The zero-order valence-electron chi connectivity index (χ0n) is 10.1. The molecule has 1 N–H and O–H groups in total. The molecule has 0 fully saturated rings. The maximum atomic E-state index is 11.8. The van der Waals surface area contributed by atoms with Crippen molar-refractivity contribution in [2.24, 2.45) is 5.10 Å². The number of hydrogen-bond donors (Lipinski definition) is 1. The Hall–Kier alpha value is -1.36. The zero-order valence-corrected chi connectivity index (χ0v) is 13.2. The number of hydrazone groups is 1. The summed E-state index contributed by atoms with van der Waals surface area (Å²) in [7, 11) is 0. The number of hydrogen-bond acceptors (Lipinski definition) is 2. The van der Waals surface area contributed by atoms with E-state index in [0.29, 0.717) is 21.2 Å². The SMILES string of the molecule is O=C(NN=Cc1cccc(Cl)c1Cl)c1cccc(Br)c1. The van der Waals surface area contributed by atoms with Crippen LogP contribution in [0.5, 0.6) is 0 Å². The number of rotatable bonds is 3. The third-order valence-electron chi connectivity index (χ3n) is 2.44. The molecule has 3 nitrogen and oxygen atoms in total. The first-order valence-corrected chi connectivity index (χ1v) is 7.16. The molecule has 0 saturated carbocycles. The van der Waals surface area contributed by atoms with E-state index < -0.39 is 0 Å². The van der Waals surface area contributed by atoms with Crippen molar-refractivity contribution >= 4 is 51.3 Å². The second-order valence-corrected chi connectivity index (χ2v) is 5.55. The van der Waals surface area contributed by atoms with Crippen LogP contribution >= 0.6 is 39.1 Å². The van der Waals surface area contributed by atoms with Crippen molar-refractivity contribution in [3.8, 4) is 0 Å².